The number of carbonyl (C=O) groups is 1. The monoisotopic (exact) mass is 392 g/mol. The van der Waals surface area contributed by atoms with Crippen LogP contribution in [0.4, 0.5) is 4.39 Å². The molecule has 0 unspecified atom stereocenters. The van der Waals surface area contributed by atoms with Crippen molar-refractivity contribution < 1.29 is 17.6 Å². The Bertz CT molecular complexity index is 892. The molecular formula is C20H25FN2O3S. The SMILES string of the molecule is CCN(CC)S(=O)(=O)c1cc(C(=O)NCCc2ccc(F)cc2)ccc1C. The molecule has 0 spiro atoms. The van der Waals surface area contributed by atoms with E-state index in [-0.39, 0.29) is 16.6 Å². The lowest BCUT2D eigenvalue weighted by molar-refractivity contribution is 0.0954. The Kier molecular flexibility index (Phi) is 7.10. The van der Waals surface area contributed by atoms with E-state index in [9.17, 15) is 17.6 Å². The van der Waals surface area contributed by atoms with Crippen molar-refractivity contribution >= 4 is 15.9 Å². The lowest BCUT2D eigenvalue weighted by Crippen LogP contribution is -2.31. The highest BCUT2D eigenvalue weighted by Crippen LogP contribution is 2.21. The van der Waals surface area contributed by atoms with Crippen LogP contribution in [0.25, 0.3) is 0 Å². The zero-order valence-corrected chi connectivity index (χ0v) is 16.6. The fourth-order valence-corrected chi connectivity index (χ4v) is 4.50. The number of hydrogen-bond donors (Lipinski definition) is 1. The van der Waals surface area contributed by atoms with Crippen molar-refractivity contribution in [1.29, 1.82) is 0 Å². The number of hydrogen-bond acceptors (Lipinski definition) is 3. The predicted octanol–water partition coefficient (Wildman–Crippen LogP) is 3.14. The van der Waals surface area contributed by atoms with Gasteiger partial charge in [-0.1, -0.05) is 32.0 Å². The molecule has 0 heterocycles. The quantitative estimate of drug-likeness (QED) is 0.751. The van der Waals surface area contributed by atoms with Gasteiger partial charge in [-0.3, -0.25) is 4.79 Å². The number of halogens is 1. The Morgan fingerprint density at radius 3 is 2.30 bits per heavy atom. The second-order valence-corrected chi connectivity index (χ2v) is 8.11. The molecule has 0 saturated carbocycles. The molecule has 0 aliphatic rings. The average Bonchev–Trinajstić information content (AvgIpc) is 2.64. The van der Waals surface area contributed by atoms with E-state index in [0.717, 1.165) is 5.56 Å². The van der Waals surface area contributed by atoms with E-state index in [4.69, 9.17) is 0 Å². The molecule has 2 aromatic rings. The Hall–Kier alpha value is -2.25. The normalized spacial score (nSPS) is 11.6. The maximum atomic E-state index is 12.9. The first kappa shape index (κ1) is 21.1. The van der Waals surface area contributed by atoms with Crippen LogP contribution in [-0.2, 0) is 16.4 Å². The third-order valence-corrected chi connectivity index (χ3v) is 6.58. The molecule has 0 aliphatic carbocycles. The van der Waals surface area contributed by atoms with Gasteiger partial charge in [0.25, 0.3) is 5.91 Å². The van der Waals surface area contributed by atoms with E-state index >= 15 is 0 Å². The van der Waals surface area contributed by atoms with Crippen LogP contribution in [0, 0.1) is 12.7 Å². The lowest BCUT2D eigenvalue weighted by Gasteiger charge is -2.20. The Morgan fingerprint density at radius 1 is 1.07 bits per heavy atom. The summed E-state index contributed by atoms with van der Waals surface area (Å²) in [5.41, 5.74) is 1.81. The Labute approximate surface area is 160 Å². The van der Waals surface area contributed by atoms with Crippen molar-refractivity contribution in [2.24, 2.45) is 0 Å². The summed E-state index contributed by atoms with van der Waals surface area (Å²) in [6.45, 7) is 6.38. The third-order valence-electron chi connectivity index (χ3n) is 4.39. The summed E-state index contributed by atoms with van der Waals surface area (Å²) in [7, 11) is -3.64. The molecule has 1 N–H and O–H groups in total. The largest absolute Gasteiger partial charge is 0.352 e. The average molecular weight is 392 g/mol. The second kappa shape index (κ2) is 9.10. The van der Waals surface area contributed by atoms with Crippen LogP contribution in [0.1, 0.15) is 35.3 Å². The fourth-order valence-electron chi connectivity index (χ4n) is 2.80. The number of amides is 1. The van der Waals surface area contributed by atoms with E-state index in [0.29, 0.717) is 37.2 Å². The van der Waals surface area contributed by atoms with Crippen LogP contribution >= 0.6 is 0 Å². The zero-order valence-electron chi connectivity index (χ0n) is 15.8. The summed E-state index contributed by atoms with van der Waals surface area (Å²) in [5.74, 6) is -0.641. The van der Waals surface area contributed by atoms with Crippen molar-refractivity contribution in [2.45, 2.75) is 32.1 Å². The molecule has 0 radical (unpaired) electrons. The smallest absolute Gasteiger partial charge is 0.251 e. The van der Waals surface area contributed by atoms with Gasteiger partial charge in [0, 0.05) is 25.2 Å². The van der Waals surface area contributed by atoms with E-state index in [1.165, 1.54) is 22.5 Å². The molecule has 1 amide bonds. The van der Waals surface area contributed by atoms with Gasteiger partial charge in [0.15, 0.2) is 0 Å². The molecule has 5 nitrogen and oxygen atoms in total. The van der Waals surface area contributed by atoms with Gasteiger partial charge in [0.1, 0.15) is 5.82 Å². The molecule has 27 heavy (non-hydrogen) atoms. The van der Waals surface area contributed by atoms with Gasteiger partial charge in [-0.05, 0) is 48.7 Å². The van der Waals surface area contributed by atoms with Crippen LogP contribution in [0.5, 0.6) is 0 Å². The highest BCUT2D eigenvalue weighted by molar-refractivity contribution is 7.89. The van der Waals surface area contributed by atoms with Crippen molar-refractivity contribution in [3.8, 4) is 0 Å². The molecule has 0 bridgehead atoms. The summed E-state index contributed by atoms with van der Waals surface area (Å²) in [5, 5.41) is 2.78. The summed E-state index contributed by atoms with van der Waals surface area (Å²) < 4.78 is 39.8. The molecule has 0 fully saturated rings. The fraction of sp³-hybridized carbons (Fsp3) is 0.350. The molecule has 2 aromatic carbocycles. The van der Waals surface area contributed by atoms with Crippen LogP contribution in [0.2, 0.25) is 0 Å². The molecule has 0 atom stereocenters. The molecular weight excluding hydrogens is 367 g/mol. The molecule has 0 saturated heterocycles. The van der Waals surface area contributed by atoms with E-state index in [1.54, 1.807) is 45.0 Å². The van der Waals surface area contributed by atoms with Crippen LogP contribution < -0.4 is 5.32 Å². The number of aryl methyl sites for hydroxylation is 1. The van der Waals surface area contributed by atoms with Gasteiger partial charge >= 0.3 is 0 Å². The first-order valence-electron chi connectivity index (χ1n) is 8.93. The summed E-state index contributed by atoms with van der Waals surface area (Å²) in [6.07, 6.45) is 0.558. The number of nitrogens with one attached hydrogen (secondary N) is 1. The van der Waals surface area contributed by atoms with Gasteiger partial charge in [-0.2, -0.15) is 4.31 Å². The Morgan fingerprint density at radius 2 is 1.70 bits per heavy atom. The standard InChI is InChI=1S/C20H25FN2O3S/c1-4-23(5-2)27(25,26)19-14-17(9-6-15(19)3)20(24)22-13-12-16-7-10-18(21)11-8-16/h6-11,14H,4-5,12-13H2,1-3H3,(H,22,24). The van der Waals surface area contributed by atoms with Gasteiger partial charge in [-0.25, -0.2) is 12.8 Å². The van der Waals surface area contributed by atoms with Crippen LogP contribution in [0.3, 0.4) is 0 Å². The van der Waals surface area contributed by atoms with E-state index < -0.39 is 10.0 Å². The molecule has 0 aromatic heterocycles. The lowest BCUT2D eigenvalue weighted by atomic mass is 10.1. The number of rotatable bonds is 8. The predicted molar refractivity (Wildman–Crippen MR) is 104 cm³/mol. The minimum Gasteiger partial charge on any atom is -0.352 e. The summed E-state index contributed by atoms with van der Waals surface area (Å²) in [6, 6.07) is 10.8. The number of sulfonamides is 1. The van der Waals surface area contributed by atoms with Crippen molar-refractivity contribution in [3.63, 3.8) is 0 Å². The van der Waals surface area contributed by atoms with Gasteiger partial charge in [-0.15, -0.1) is 0 Å². The van der Waals surface area contributed by atoms with Gasteiger partial charge in [0.2, 0.25) is 10.0 Å². The van der Waals surface area contributed by atoms with E-state index in [1.807, 2.05) is 0 Å². The van der Waals surface area contributed by atoms with Crippen molar-refractivity contribution in [1.82, 2.24) is 9.62 Å². The van der Waals surface area contributed by atoms with Crippen molar-refractivity contribution in [2.75, 3.05) is 19.6 Å². The number of carbonyl (C=O) groups excluding carboxylic acids is 1. The highest BCUT2D eigenvalue weighted by atomic mass is 32.2. The molecule has 2 rings (SSSR count). The van der Waals surface area contributed by atoms with Crippen LogP contribution in [0.15, 0.2) is 47.4 Å². The number of benzene rings is 2. The maximum absolute atomic E-state index is 12.9. The van der Waals surface area contributed by atoms with E-state index in [2.05, 4.69) is 5.32 Å². The summed E-state index contributed by atoms with van der Waals surface area (Å²) in [4.78, 5) is 12.6. The second-order valence-electron chi connectivity index (χ2n) is 6.20. The number of nitrogens with zero attached hydrogens (tertiary/aromatic N) is 1. The first-order chi connectivity index (χ1) is 12.8. The highest BCUT2D eigenvalue weighted by Gasteiger charge is 2.24. The van der Waals surface area contributed by atoms with Crippen LogP contribution in [-0.4, -0.2) is 38.3 Å². The molecule has 7 heteroatoms. The topological polar surface area (TPSA) is 66.5 Å². The van der Waals surface area contributed by atoms with Gasteiger partial charge in [0.05, 0.1) is 4.90 Å². The van der Waals surface area contributed by atoms with Crippen molar-refractivity contribution in [3.05, 3.63) is 65.0 Å². The Balaban J connectivity index is 2.12. The van der Waals surface area contributed by atoms with Gasteiger partial charge < -0.3 is 5.32 Å². The summed E-state index contributed by atoms with van der Waals surface area (Å²) >= 11 is 0. The molecule has 0 aliphatic heterocycles. The minimum absolute atomic E-state index is 0.150. The zero-order chi connectivity index (χ0) is 20.0. The first-order valence-corrected chi connectivity index (χ1v) is 10.4. The molecule has 146 valence electrons. The minimum atomic E-state index is -3.64. The maximum Gasteiger partial charge on any atom is 0.251 e. The third kappa shape index (κ3) is 5.14.